The maximum absolute atomic E-state index is 10.9. The standard InChI is InChI=1S/C12H11N5O2/c13-4-6-16-5-3-11(15-16)9-1-2-10(8-14)12(7-9)17(18)19/h1-3,5,7H,4,6,13H2. The van der Waals surface area contributed by atoms with Crippen molar-refractivity contribution in [2.75, 3.05) is 6.54 Å². The van der Waals surface area contributed by atoms with Gasteiger partial charge in [-0.15, -0.1) is 0 Å². The van der Waals surface area contributed by atoms with Crippen LogP contribution in [0.5, 0.6) is 0 Å². The van der Waals surface area contributed by atoms with Gasteiger partial charge in [0.2, 0.25) is 0 Å². The van der Waals surface area contributed by atoms with E-state index in [0.717, 1.165) is 0 Å². The second-order valence-electron chi connectivity index (χ2n) is 3.85. The van der Waals surface area contributed by atoms with Crippen molar-refractivity contribution in [3.63, 3.8) is 0 Å². The number of nitro groups is 1. The zero-order chi connectivity index (χ0) is 13.8. The average molecular weight is 257 g/mol. The zero-order valence-corrected chi connectivity index (χ0v) is 9.98. The summed E-state index contributed by atoms with van der Waals surface area (Å²) in [5, 5.41) is 24.0. The lowest BCUT2D eigenvalue weighted by Gasteiger charge is -2.00. The molecular formula is C12H11N5O2. The SMILES string of the molecule is N#Cc1ccc(-c2ccn(CCN)n2)cc1[N+](=O)[O-]. The Labute approximate surface area is 109 Å². The Balaban J connectivity index is 2.42. The van der Waals surface area contributed by atoms with Gasteiger partial charge in [-0.2, -0.15) is 10.4 Å². The van der Waals surface area contributed by atoms with Crippen molar-refractivity contribution >= 4 is 5.69 Å². The van der Waals surface area contributed by atoms with Crippen LogP contribution in [-0.2, 0) is 6.54 Å². The van der Waals surface area contributed by atoms with E-state index < -0.39 is 4.92 Å². The van der Waals surface area contributed by atoms with E-state index in [1.165, 1.54) is 12.1 Å². The Kier molecular flexibility index (Phi) is 3.54. The van der Waals surface area contributed by atoms with Gasteiger partial charge in [0.1, 0.15) is 11.6 Å². The topological polar surface area (TPSA) is 111 Å². The summed E-state index contributed by atoms with van der Waals surface area (Å²) in [6.07, 6.45) is 1.76. The van der Waals surface area contributed by atoms with E-state index in [4.69, 9.17) is 11.0 Å². The van der Waals surface area contributed by atoms with Crippen LogP contribution in [0.25, 0.3) is 11.3 Å². The molecule has 0 aliphatic heterocycles. The quantitative estimate of drug-likeness (QED) is 0.655. The fourth-order valence-corrected chi connectivity index (χ4v) is 1.71. The van der Waals surface area contributed by atoms with E-state index in [0.29, 0.717) is 24.3 Å². The first kappa shape index (κ1) is 12.7. The van der Waals surface area contributed by atoms with Gasteiger partial charge in [0.25, 0.3) is 5.69 Å². The van der Waals surface area contributed by atoms with Crippen LogP contribution >= 0.6 is 0 Å². The third kappa shape index (κ3) is 2.59. The van der Waals surface area contributed by atoms with Crippen molar-refractivity contribution < 1.29 is 4.92 Å². The van der Waals surface area contributed by atoms with Gasteiger partial charge in [-0.05, 0) is 12.1 Å². The van der Waals surface area contributed by atoms with Crippen LogP contribution in [0, 0.1) is 21.4 Å². The molecule has 0 aliphatic rings. The van der Waals surface area contributed by atoms with Crippen LogP contribution < -0.4 is 5.73 Å². The van der Waals surface area contributed by atoms with Gasteiger partial charge in [-0.1, -0.05) is 6.07 Å². The minimum atomic E-state index is -0.571. The van der Waals surface area contributed by atoms with Gasteiger partial charge in [-0.25, -0.2) is 0 Å². The van der Waals surface area contributed by atoms with Gasteiger partial charge in [0.05, 0.1) is 17.2 Å². The lowest BCUT2D eigenvalue weighted by molar-refractivity contribution is -0.385. The van der Waals surface area contributed by atoms with Crippen molar-refractivity contribution in [3.05, 3.63) is 46.1 Å². The summed E-state index contributed by atoms with van der Waals surface area (Å²) in [6.45, 7) is 1.05. The predicted molar refractivity (Wildman–Crippen MR) is 68.1 cm³/mol. The van der Waals surface area contributed by atoms with Gasteiger partial charge in [0, 0.05) is 24.4 Å². The lowest BCUT2D eigenvalue weighted by atomic mass is 10.1. The van der Waals surface area contributed by atoms with Crippen LogP contribution in [0.4, 0.5) is 5.69 Å². The number of nitrogens with two attached hydrogens (primary N) is 1. The van der Waals surface area contributed by atoms with Crippen LogP contribution in [0.3, 0.4) is 0 Å². The molecule has 19 heavy (non-hydrogen) atoms. The Morgan fingerprint density at radius 1 is 1.47 bits per heavy atom. The van der Waals surface area contributed by atoms with Crippen molar-refractivity contribution in [2.24, 2.45) is 5.73 Å². The van der Waals surface area contributed by atoms with Crippen LogP contribution in [-0.4, -0.2) is 21.2 Å². The highest BCUT2D eigenvalue weighted by molar-refractivity contribution is 5.65. The van der Waals surface area contributed by atoms with Gasteiger partial charge in [-0.3, -0.25) is 14.8 Å². The molecule has 1 heterocycles. The van der Waals surface area contributed by atoms with Gasteiger partial charge in [0.15, 0.2) is 0 Å². The summed E-state index contributed by atoms with van der Waals surface area (Å²) in [4.78, 5) is 10.3. The highest BCUT2D eigenvalue weighted by Gasteiger charge is 2.15. The smallest absolute Gasteiger partial charge is 0.287 e. The summed E-state index contributed by atoms with van der Waals surface area (Å²) in [5.41, 5.74) is 6.46. The number of rotatable bonds is 4. The second-order valence-corrected chi connectivity index (χ2v) is 3.85. The summed E-state index contributed by atoms with van der Waals surface area (Å²) >= 11 is 0. The first-order chi connectivity index (χ1) is 9.15. The lowest BCUT2D eigenvalue weighted by Crippen LogP contribution is -2.10. The number of hydrogen-bond acceptors (Lipinski definition) is 5. The molecule has 0 amide bonds. The highest BCUT2D eigenvalue weighted by atomic mass is 16.6. The van der Waals surface area contributed by atoms with Crippen LogP contribution in [0.15, 0.2) is 30.5 Å². The highest BCUT2D eigenvalue weighted by Crippen LogP contribution is 2.25. The molecule has 96 valence electrons. The van der Waals surface area contributed by atoms with E-state index >= 15 is 0 Å². The third-order valence-electron chi connectivity index (χ3n) is 2.61. The fraction of sp³-hybridized carbons (Fsp3) is 0.167. The van der Waals surface area contributed by atoms with E-state index in [9.17, 15) is 10.1 Å². The maximum atomic E-state index is 10.9. The first-order valence-electron chi connectivity index (χ1n) is 5.58. The number of nitrogens with zero attached hydrogens (tertiary/aromatic N) is 4. The summed E-state index contributed by atoms with van der Waals surface area (Å²) in [5.74, 6) is 0. The molecule has 7 nitrogen and oxygen atoms in total. The molecule has 1 aromatic carbocycles. The Bertz CT molecular complexity index is 656. The molecule has 1 aromatic heterocycles. The molecule has 0 spiro atoms. The molecule has 0 aliphatic carbocycles. The van der Waals surface area contributed by atoms with E-state index in [-0.39, 0.29) is 11.3 Å². The molecule has 0 saturated carbocycles. The van der Waals surface area contributed by atoms with E-state index in [1.54, 1.807) is 29.1 Å². The number of aromatic nitrogens is 2. The van der Waals surface area contributed by atoms with Gasteiger partial charge >= 0.3 is 0 Å². The monoisotopic (exact) mass is 257 g/mol. The maximum Gasteiger partial charge on any atom is 0.287 e. The molecule has 2 N–H and O–H groups in total. The van der Waals surface area contributed by atoms with Crippen molar-refractivity contribution in [2.45, 2.75) is 6.54 Å². The molecule has 0 atom stereocenters. The first-order valence-corrected chi connectivity index (χ1v) is 5.58. The molecule has 0 radical (unpaired) electrons. The molecule has 0 bridgehead atoms. The summed E-state index contributed by atoms with van der Waals surface area (Å²) < 4.78 is 1.67. The van der Waals surface area contributed by atoms with Crippen molar-refractivity contribution in [1.29, 1.82) is 5.26 Å². The Morgan fingerprint density at radius 2 is 2.26 bits per heavy atom. The molecule has 0 fully saturated rings. The summed E-state index contributed by atoms with van der Waals surface area (Å²) in [7, 11) is 0. The number of hydrogen-bond donors (Lipinski definition) is 1. The molecule has 0 saturated heterocycles. The zero-order valence-electron chi connectivity index (χ0n) is 9.98. The molecule has 2 rings (SSSR count). The minimum Gasteiger partial charge on any atom is -0.329 e. The molecule has 0 unspecified atom stereocenters. The third-order valence-corrected chi connectivity index (χ3v) is 2.61. The normalized spacial score (nSPS) is 10.1. The van der Waals surface area contributed by atoms with E-state index in [1.807, 2.05) is 0 Å². The van der Waals surface area contributed by atoms with Crippen molar-refractivity contribution in [3.8, 4) is 17.3 Å². The predicted octanol–water partition coefficient (Wildman–Crippen LogP) is 1.29. The molecule has 7 heteroatoms. The van der Waals surface area contributed by atoms with Crippen LogP contribution in [0.1, 0.15) is 5.56 Å². The average Bonchev–Trinajstić information content (AvgIpc) is 2.87. The Morgan fingerprint density at radius 3 is 2.89 bits per heavy atom. The van der Waals surface area contributed by atoms with E-state index in [2.05, 4.69) is 5.10 Å². The van der Waals surface area contributed by atoms with Crippen LogP contribution in [0.2, 0.25) is 0 Å². The molecular weight excluding hydrogens is 246 g/mol. The number of nitriles is 1. The minimum absolute atomic E-state index is 0.0372. The largest absolute Gasteiger partial charge is 0.329 e. The Hall–Kier alpha value is -2.72. The van der Waals surface area contributed by atoms with Crippen molar-refractivity contribution in [1.82, 2.24) is 9.78 Å². The summed E-state index contributed by atoms with van der Waals surface area (Å²) in [6, 6.07) is 7.97. The van der Waals surface area contributed by atoms with Gasteiger partial charge < -0.3 is 5.73 Å². The fourth-order valence-electron chi connectivity index (χ4n) is 1.71. The molecule has 2 aromatic rings. The number of nitro benzene ring substituents is 1. The second kappa shape index (κ2) is 5.29. The number of benzene rings is 1.